The molecular formula is C15H17ClN4O. The number of hydrogen-bond donors (Lipinski definition) is 1. The Morgan fingerprint density at radius 2 is 2.05 bits per heavy atom. The number of carbonyl (C=O) groups is 1. The number of anilines is 1. The third-order valence-electron chi connectivity index (χ3n) is 3.48. The van der Waals surface area contributed by atoms with Crippen LogP contribution in [0.1, 0.15) is 34.6 Å². The largest absolute Gasteiger partial charge is 0.368 e. The lowest BCUT2D eigenvalue weighted by Gasteiger charge is -2.26. The van der Waals surface area contributed by atoms with E-state index in [2.05, 4.69) is 9.97 Å². The summed E-state index contributed by atoms with van der Waals surface area (Å²) in [5.41, 5.74) is 7.40. The molecule has 1 atom stereocenters. The van der Waals surface area contributed by atoms with Crippen molar-refractivity contribution in [3.63, 3.8) is 0 Å². The summed E-state index contributed by atoms with van der Waals surface area (Å²) in [6.07, 6.45) is 1.45. The number of nitrogens with two attached hydrogens (primary N) is 1. The van der Waals surface area contributed by atoms with Gasteiger partial charge in [0.15, 0.2) is 0 Å². The third-order valence-corrected chi connectivity index (χ3v) is 3.83. The van der Waals surface area contributed by atoms with E-state index >= 15 is 0 Å². The maximum Gasteiger partial charge on any atom is 0.257 e. The van der Waals surface area contributed by atoms with Crippen molar-refractivity contribution in [3.8, 4) is 0 Å². The van der Waals surface area contributed by atoms with Crippen molar-refractivity contribution >= 4 is 23.5 Å². The number of hydrogen-bond acceptors (Lipinski definition) is 4. The highest BCUT2D eigenvalue weighted by Crippen LogP contribution is 2.27. The fraction of sp³-hybridized carbons (Fsp3) is 0.267. The van der Waals surface area contributed by atoms with Gasteiger partial charge in [-0.3, -0.25) is 4.79 Å². The van der Waals surface area contributed by atoms with Crippen LogP contribution in [-0.4, -0.2) is 27.8 Å². The number of nitrogen functional groups attached to an aromatic ring is 1. The Balaban J connectivity index is 2.29. The van der Waals surface area contributed by atoms with Crippen molar-refractivity contribution < 1.29 is 4.79 Å². The molecule has 6 heteroatoms. The fourth-order valence-corrected chi connectivity index (χ4v) is 2.38. The van der Waals surface area contributed by atoms with E-state index in [9.17, 15) is 4.79 Å². The first-order chi connectivity index (χ1) is 9.91. The second-order valence-electron chi connectivity index (χ2n) is 4.84. The minimum absolute atomic E-state index is 0.158. The second-order valence-corrected chi connectivity index (χ2v) is 5.25. The normalized spacial score (nSPS) is 12.0. The molecule has 0 radical (unpaired) electrons. The van der Waals surface area contributed by atoms with Crippen LogP contribution in [0.3, 0.4) is 0 Å². The quantitative estimate of drug-likeness (QED) is 0.946. The molecule has 1 amide bonds. The first-order valence-electron chi connectivity index (χ1n) is 6.52. The molecule has 2 N–H and O–H groups in total. The van der Waals surface area contributed by atoms with E-state index in [1.54, 1.807) is 18.9 Å². The summed E-state index contributed by atoms with van der Waals surface area (Å²) in [5, 5.41) is 0.634. The highest BCUT2D eigenvalue weighted by Gasteiger charge is 2.22. The van der Waals surface area contributed by atoms with Gasteiger partial charge in [0, 0.05) is 18.3 Å². The van der Waals surface area contributed by atoms with Gasteiger partial charge in [-0.2, -0.15) is 0 Å². The molecule has 5 nitrogen and oxygen atoms in total. The summed E-state index contributed by atoms with van der Waals surface area (Å²) in [5.74, 6) is -0.00854. The summed E-state index contributed by atoms with van der Waals surface area (Å²) < 4.78 is 0. The number of carbonyl (C=O) groups excluding carboxylic acids is 1. The van der Waals surface area contributed by atoms with Gasteiger partial charge in [0.1, 0.15) is 0 Å². The molecule has 1 heterocycles. The molecule has 0 bridgehead atoms. The van der Waals surface area contributed by atoms with Crippen molar-refractivity contribution in [2.24, 2.45) is 0 Å². The average molecular weight is 305 g/mol. The van der Waals surface area contributed by atoms with Crippen molar-refractivity contribution in [2.45, 2.75) is 19.9 Å². The van der Waals surface area contributed by atoms with E-state index in [1.165, 1.54) is 6.20 Å². The van der Waals surface area contributed by atoms with Crippen LogP contribution in [0.5, 0.6) is 0 Å². The molecule has 0 saturated carbocycles. The number of aryl methyl sites for hydroxylation is 1. The Morgan fingerprint density at radius 3 is 2.67 bits per heavy atom. The molecule has 1 aromatic heterocycles. The first-order valence-corrected chi connectivity index (χ1v) is 6.90. The monoisotopic (exact) mass is 304 g/mol. The van der Waals surface area contributed by atoms with Crippen LogP contribution in [0, 0.1) is 6.92 Å². The van der Waals surface area contributed by atoms with E-state index < -0.39 is 0 Å². The number of amides is 1. The van der Waals surface area contributed by atoms with Crippen LogP contribution in [0.2, 0.25) is 5.02 Å². The van der Waals surface area contributed by atoms with Crippen molar-refractivity contribution in [3.05, 3.63) is 52.3 Å². The Bertz CT molecular complexity index is 674. The van der Waals surface area contributed by atoms with Gasteiger partial charge >= 0.3 is 0 Å². The smallest absolute Gasteiger partial charge is 0.257 e. The molecule has 0 aliphatic rings. The zero-order chi connectivity index (χ0) is 15.6. The fourth-order valence-electron chi connectivity index (χ4n) is 2.08. The van der Waals surface area contributed by atoms with E-state index in [0.717, 1.165) is 5.56 Å². The van der Waals surface area contributed by atoms with Crippen LogP contribution >= 0.6 is 11.6 Å². The molecule has 0 aliphatic heterocycles. The first kappa shape index (κ1) is 15.3. The zero-order valence-electron chi connectivity index (χ0n) is 12.2. The molecule has 2 aromatic rings. The molecule has 110 valence electrons. The lowest BCUT2D eigenvalue weighted by atomic mass is 10.1. The molecule has 21 heavy (non-hydrogen) atoms. The van der Waals surface area contributed by atoms with Gasteiger partial charge in [-0.05, 0) is 25.5 Å². The SMILES string of the molecule is Cc1nc(N)ncc1C(=O)N(C)C(C)c1ccccc1Cl. The summed E-state index contributed by atoms with van der Waals surface area (Å²) >= 11 is 6.19. The minimum Gasteiger partial charge on any atom is -0.368 e. The highest BCUT2D eigenvalue weighted by molar-refractivity contribution is 6.31. The van der Waals surface area contributed by atoms with Gasteiger partial charge in [0.05, 0.1) is 17.3 Å². The van der Waals surface area contributed by atoms with Crippen molar-refractivity contribution in [1.29, 1.82) is 0 Å². The second kappa shape index (κ2) is 6.10. The van der Waals surface area contributed by atoms with Crippen molar-refractivity contribution in [1.82, 2.24) is 14.9 Å². The standard InChI is InChI=1S/C15H17ClN4O/c1-9-12(8-18-15(17)19-9)14(21)20(3)10(2)11-6-4-5-7-13(11)16/h4-8,10H,1-3H3,(H2,17,18,19). The van der Waals surface area contributed by atoms with Gasteiger partial charge < -0.3 is 10.6 Å². The van der Waals surface area contributed by atoms with Crippen LogP contribution in [-0.2, 0) is 0 Å². The third kappa shape index (κ3) is 3.13. The molecular weight excluding hydrogens is 288 g/mol. The zero-order valence-corrected chi connectivity index (χ0v) is 12.9. The topological polar surface area (TPSA) is 72.1 Å². The van der Waals surface area contributed by atoms with Crippen LogP contribution < -0.4 is 5.73 Å². The van der Waals surface area contributed by atoms with E-state index in [0.29, 0.717) is 16.3 Å². The summed E-state index contributed by atoms with van der Waals surface area (Å²) in [6.45, 7) is 3.66. The highest BCUT2D eigenvalue weighted by atomic mass is 35.5. The number of nitrogens with zero attached hydrogens (tertiary/aromatic N) is 3. The lowest BCUT2D eigenvalue weighted by Crippen LogP contribution is -2.30. The van der Waals surface area contributed by atoms with Gasteiger partial charge in [-0.15, -0.1) is 0 Å². The lowest BCUT2D eigenvalue weighted by molar-refractivity contribution is 0.0741. The van der Waals surface area contributed by atoms with E-state index in [-0.39, 0.29) is 17.9 Å². The van der Waals surface area contributed by atoms with Gasteiger partial charge in [-0.25, -0.2) is 9.97 Å². The summed E-state index contributed by atoms with van der Waals surface area (Å²) in [7, 11) is 1.73. The predicted molar refractivity (Wildman–Crippen MR) is 83.1 cm³/mol. The van der Waals surface area contributed by atoms with Crippen molar-refractivity contribution in [2.75, 3.05) is 12.8 Å². The maximum absolute atomic E-state index is 12.6. The molecule has 1 aromatic carbocycles. The van der Waals surface area contributed by atoms with Crippen LogP contribution in [0.4, 0.5) is 5.95 Å². The number of aromatic nitrogens is 2. The Hall–Kier alpha value is -2.14. The molecule has 1 unspecified atom stereocenters. The molecule has 0 aliphatic carbocycles. The number of rotatable bonds is 3. The average Bonchev–Trinajstić information content (AvgIpc) is 2.45. The number of halogens is 1. The molecule has 2 rings (SSSR count). The predicted octanol–water partition coefficient (Wildman–Crippen LogP) is 2.85. The Kier molecular flexibility index (Phi) is 4.43. The molecule has 0 fully saturated rings. The number of benzene rings is 1. The molecule has 0 saturated heterocycles. The van der Waals surface area contributed by atoms with Gasteiger partial charge in [0.25, 0.3) is 5.91 Å². The van der Waals surface area contributed by atoms with E-state index in [1.807, 2.05) is 31.2 Å². The Labute approximate surface area is 128 Å². The molecule has 0 spiro atoms. The van der Waals surface area contributed by atoms with Crippen LogP contribution in [0.25, 0.3) is 0 Å². The van der Waals surface area contributed by atoms with Gasteiger partial charge in [0.2, 0.25) is 5.95 Å². The van der Waals surface area contributed by atoms with E-state index in [4.69, 9.17) is 17.3 Å². The Morgan fingerprint density at radius 1 is 1.38 bits per heavy atom. The minimum atomic E-state index is -0.167. The maximum atomic E-state index is 12.6. The van der Waals surface area contributed by atoms with Gasteiger partial charge in [-0.1, -0.05) is 29.8 Å². The summed E-state index contributed by atoms with van der Waals surface area (Å²) in [6, 6.07) is 7.31. The summed E-state index contributed by atoms with van der Waals surface area (Å²) in [4.78, 5) is 22.1. The van der Waals surface area contributed by atoms with Crippen LogP contribution in [0.15, 0.2) is 30.5 Å².